The number of rotatable bonds is 3. The number of benzene rings is 3. The number of ether oxygens (including phenoxy) is 1. The third-order valence-electron chi connectivity index (χ3n) is 5.18. The first-order chi connectivity index (χ1) is 16.5. The van der Waals surface area contributed by atoms with E-state index in [2.05, 4.69) is 32.4 Å². The molecule has 0 radical (unpaired) electrons. The molecule has 0 saturated carbocycles. The van der Waals surface area contributed by atoms with Crippen molar-refractivity contribution < 1.29 is 14.3 Å². The molecule has 0 spiro atoms. The van der Waals surface area contributed by atoms with Crippen LogP contribution in [0.15, 0.2) is 71.5 Å². The lowest BCUT2D eigenvalue weighted by Crippen LogP contribution is -2.28. The highest BCUT2D eigenvalue weighted by Gasteiger charge is 2.17. The minimum atomic E-state index is -0.523. The Bertz CT molecular complexity index is 1550. The van der Waals surface area contributed by atoms with Gasteiger partial charge in [0, 0.05) is 17.7 Å². The van der Waals surface area contributed by atoms with E-state index < -0.39 is 11.5 Å². The summed E-state index contributed by atoms with van der Waals surface area (Å²) in [6.07, 6.45) is 0. The number of hydrogen-bond donors (Lipinski definition) is 3. The molecule has 0 bridgehead atoms. The van der Waals surface area contributed by atoms with Gasteiger partial charge < -0.3 is 20.4 Å². The summed E-state index contributed by atoms with van der Waals surface area (Å²) in [4.78, 5) is 43.6. The lowest BCUT2D eigenvalue weighted by molar-refractivity contribution is -0.118. The van der Waals surface area contributed by atoms with E-state index in [4.69, 9.17) is 4.74 Å². The Morgan fingerprint density at radius 3 is 2.68 bits per heavy atom. The summed E-state index contributed by atoms with van der Waals surface area (Å²) in [5.41, 5.74) is 2.81. The Balaban J connectivity index is 1.32. The maximum absolute atomic E-state index is 12.6. The fraction of sp³-hybridized carbons (Fsp3) is 0.0769. The van der Waals surface area contributed by atoms with E-state index in [9.17, 15) is 14.4 Å². The molecular formula is C26H18N4O4. The van der Waals surface area contributed by atoms with Crippen molar-refractivity contribution >= 4 is 28.4 Å². The third kappa shape index (κ3) is 4.49. The van der Waals surface area contributed by atoms with E-state index in [0.717, 1.165) is 11.1 Å². The molecule has 0 fully saturated rings. The van der Waals surface area contributed by atoms with Crippen LogP contribution in [0.1, 0.15) is 27.3 Å². The van der Waals surface area contributed by atoms with Crippen LogP contribution in [0.3, 0.4) is 0 Å². The molecule has 8 heteroatoms. The van der Waals surface area contributed by atoms with Gasteiger partial charge in [0.25, 0.3) is 17.4 Å². The van der Waals surface area contributed by atoms with Crippen LogP contribution in [-0.2, 0) is 11.3 Å². The summed E-state index contributed by atoms with van der Waals surface area (Å²) >= 11 is 0. The van der Waals surface area contributed by atoms with E-state index in [1.54, 1.807) is 36.4 Å². The van der Waals surface area contributed by atoms with Gasteiger partial charge in [-0.2, -0.15) is 0 Å². The first-order valence-electron chi connectivity index (χ1n) is 10.5. The number of aromatic amines is 1. The second-order valence-corrected chi connectivity index (χ2v) is 7.61. The Morgan fingerprint density at radius 1 is 1.00 bits per heavy atom. The molecule has 3 aromatic carbocycles. The Kier molecular flexibility index (Phi) is 5.50. The van der Waals surface area contributed by atoms with Gasteiger partial charge in [-0.25, -0.2) is 4.98 Å². The zero-order chi connectivity index (χ0) is 23.5. The molecule has 5 rings (SSSR count). The first kappa shape index (κ1) is 21.0. The molecule has 0 saturated heterocycles. The van der Waals surface area contributed by atoms with Gasteiger partial charge >= 0.3 is 0 Å². The largest absolute Gasteiger partial charge is 0.482 e. The normalized spacial score (nSPS) is 12.1. The fourth-order valence-electron chi connectivity index (χ4n) is 3.50. The van der Waals surface area contributed by atoms with E-state index in [1.807, 2.05) is 30.3 Å². The second-order valence-electron chi connectivity index (χ2n) is 7.61. The Labute approximate surface area is 194 Å². The lowest BCUT2D eigenvalue weighted by atomic mass is 10.1. The molecule has 1 aromatic heterocycles. The number of hydrogen-bond acceptors (Lipinski definition) is 5. The summed E-state index contributed by atoms with van der Waals surface area (Å²) in [7, 11) is 0. The second kappa shape index (κ2) is 8.92. The number of nitrogens with one attached hydrogen (secondary N) is 3. The summed E-state index contributed by atoms with van der Waals surface area (Å²) in [5.74, 6) is 5.81. The minimum Gasteiger partial charge on any atom is -0.482 e. The van der Waals surface area contributed by atoms with Crippen LogP contribution in [0.4, 0.5) is 5.69 Å². The van der Waals surface area contributed by atoms with E-state index in [0.29, 0.717) is 27.9 Å². The van der Waals surface area contributed by atoms with Gasteiger partial charge in [-0.05, 0) is 48.0 Å². The molecule has 2 amide bonds. The average molecular weight is 450 g/mol. The molecular weight excluding hydrogens is 432 g/mol. The van der Waals surface area contributed by atoms with Crippen molar-refractivity contribution in [3.63, 3.8) is 0 Å². The summed E-state index contributed by atoms with van der Waals surface area (Å²) in [6, 6.07) is 19.9. The van der Waals surface area contributed by atoms with Crippen LogP contribution in [-0.4, -0.2) is 28.4 Å². The van der Waals surface area contributed by atoms with Crippen LogP contribution in [0, 0.1) is 11.8 Å². The highest BCUT2D eigenvalue weighted by molar-refractivity contribution is 5.95. The smallest absolute Gasteiger partial charge is 0.287 e. The predicted octanol–water partition coefficient (Wildman–Crippen LogP) is 2.58. The average Bonchev–Trinajstić information content (AvgIpc) is 2.86. The van der Waals surface area contributed by atoms with Crippen molar-refractivity contribution in [1.82, 2.24) is 15.3 Å². The molecule has 0 aliphatic carbocycles. The maximum Gasteiger partial charge on any atom is 0.287 e. The molecule has 34 heavy (non-hydrogen) atoms. The van der Waals surface area contributed by atoms with Crippen LogP contribution >= 0.6 is 0 Å². The number of carbonyl (C=O) groups is 2. The molecule has 1 aliphatic rings. The molecule has 3 N–H and O–H groups in total. The quantitative estimate of drug-likeness (QED) is 0.415. The van der Waals surface area contributed by atoms with E-state index in [1.165, 1.54) is 0 Å². The first-order valence-corrected chi connectivity index (χ1v) is 10.5. The predicted molar refractivity (Wildman–Crippen MR) is 127 cm³/mol. The van der Waals surface area contributed by atoms with Crippen LogP contribution < -0.4 is 20.9 Å². The zero-order valence-corrected chi connectivity index (χ0v) is 17.8. The molecule has 0 unspecified atom stereocenters. The van der Waals surface area contributed by atoms with Crippen molar-refractivity contribution in [3.8, 4) is 17.6 Å². The van der Waals surface area contributed by atoms with E-state index in [-0.39, 0.29) is 24.9 Å². The number of nitrogens with zero attached hydrogens (tertiary/aromatic N) is 1. The molecule has 2 heterocycles. The SMILES string of the molecule is O=C1COc2ccc(CNC(=O)c3nc4ccc(C#Cc5ccccc5)cc4c(=O)[nH]3)cc2N1. The van der Waals surface area contributed by atoms with E-state index >= 15 is 0 Å². The summed E-state index contributed by atoms with van der Waals surface area (Å²) < 4.78 is 5.33. The van der Waals surface area contributed by atoms with Crippen molar-refractivity contribution in [1.29, 1.82) is 0 Å². The lowest BCUT2D eigenvalue weighted by Gasteiger charge is -2.18. The molecule has 4 aromatic rings. The minimum absolute atomic E-state index is 0.0226. The molecule has 166 valence electrons. The number of fused-ring (bicyclic) bond motifs is 2. The van der Waals surface area contributed by atoms with Gasteiger partial charge in [0.05, 0.1) is 16.6 Å². The van der Waals surface area contributed by atoms with Crippen molar-refractivity contribution in [2.24, 2.45) is 0 Å². The molecule has 0 atom stereocenters. The topological polar surface area (TPSA) is 113 Å². The van der Waals surface area contributed by atoms with Gasteiger partial charge in [-0.3, -0.25) is 14.4 Å². The van der Waals surface area contributed by atoms with Gasteiger partial charge in [0.15, 0.2) is 12.4 Å². The Hall–Kier alpha value is -4.90. The van der Waals surface area contributed by atoms with Gasteiger partial charge in [-0.15, -0.1) is 0 Å². The number of aromatic nitrogens is 2. The summed E-state index contributed by atoms with van der Waals surface area (Å²) in [5, 5.41) is 5.80. The van der Waals surface area contributed by atoms with Crippen LogP contribution in [0.2, 0.25) is 0 Å². The summed E-state index contributed by atoms with van der Waals surface area (Å²) in [6.45, 7) is 0.156. The van der Waals surface area contributed by atoms with Crippen molar-refractivity contribution in [2.45, 2.75) is 6.54 Å². The fourth-order valence-corrected chi connectivity index (χ4v) is 3.50. The van der Waals surface area contributed by atoms with Crippen molar-refractivity contribution in [2.75, 3.05) is 11.9 Å². The Morgan fingerprint density at radius 2 is 1.82 bits per heavy atom. The van der Waals surface area contributed by atoms with Crippen LogP contribution in [0.5, 0.6) is 5.75 Å². The molecule has 8 nitrogen and oxygen atoms in total. The highest BCUT2D eigenvalue weighted by Crippen LogP contribution is 2.28. The maximum atomic E-state index is 12.6. The highest BCUT2D eigenvalue weighted by atomic mass is 16.5. The monoisotopic (exact) mass is 450 g/mol. The van der Waals surface area contributed by atoms with Crippen LogP contribution in [0.25, 0.3) is 10.9 Å². The zero-order valence-electron chi connectivity index (χ0n) is 17.8. The third-order valence-corrected chi connectivity index (χ3v) is 5.18. The standard InChI is InChI=1S/C26H18N4O4/c31-23-15-34-22-11-9-18(13-21(22)28-23)14-27-26(33)24-29-20-10-8-17(12-19(20)25(32)30-24)7-6-16-4-2-1-3-5-16/h1-5,8-13H,14-15H2,(H,27,33)(H,28,31)(H,29,30,32). The number of anilines is 1. The molecule has 1 aliphatic heterocycles. The van der Waals surface area contributed by atoms with Gasteiger partial charge in [0.2, 0.25) is 0 Å². The van der Waals surface area contributed by atoms with Gasteiger partial charge in [-0.1, -0.05) is 36.1 Å². The number of H-pyrrole nitrogens is 1. The van der Waals surface area contributed by atoms with Gasteiger partial charge in [0.1, 0.15) is 5.75 Å². The van der Waals surface area contributed by atoms with Crippen molar-refractivity contribution in [3.05, 3.63) is 99.6 Å². The number of carbonyl (C=O) groups excluding carboxylic acids is 2. The number of amides is 2.